The lowest BCUT2D eigenvalue weighted by Crippen LogP contribution is -2.48. The Morgan fingerprint density at radius 2 is 1.66 bits per heavy atom. The Bertz CT molecular complexity index is 1260. The SMILES string of the molecule is O=C(COC(=O)[C@H](Cc1ccccc1)N1C(=O)[C@@H]2[C@H]3CC[C@@H](C3)[C@@H]2C1=O)Nc1cc(C(F)(F)F)ccc1Cl. The van der Waals surface area contributed by atoms with Gasteiger partial charge in [-0.3, -0.25) is 19.3 Å². The van der Waals surface area contributed by atoms with Crippen LogP contribution in [0.15, 0.2) is 48.5 Å². The lowest BCUT2D eigenvalue weighted by atomic mass is 9.81. The van der Waals surface area contributed by atoms with E-state index in [1.165, 1.54) is 0 Å². The largest absolute Gasteiger partial charge is 0.454 e. The Labute approximate surface area is 221 Å². The van der Waals surface area contributed by atoms with Gasteiger partial charge >= 0.3 is 12.1 Å². The molecule has 3 aliphatic rings. The van der Waals surface area contributed by atoms with Gasteiger partial charge in [-0.05, 0) is 54.9 Å². The molecule has 2 aromatic rings. The molecule has 1 saturated heterocycles. The molecule has 5 atom stereocenters. The molecule has 1 heterocycles. The number of esters is 1. The number of alkyl halides is 3. The second kappa shape index (κ2) is 10.1. The average Bonchev–Trinajstić information content (AvgIpc) is 3.56. The van der Waals surface area contributed by atoms with Crippen molar-refractivity contribution in [2.45, 2.75) is 37.9 Å². The third-order valence-electron chi connectivity index (χ3n) is 7.73. The van der Waals surface area contributed by atoms with Crippen LogP contribution in [0, 0.1) is 23.7 Å². The fourth-order valence-electron chi connectivity index (χ4n) is 6.07. The first-order valence-corrected chi connectivity index (χ1v) is 12.7. The zero-order valence-corrected chi connectivity index (χ0v) is 20.8. The number of rotatable bonds is 7. The molecule has 0 radical (unpaired) electrons. The van der Waals surface area contributed by atoms with E-state index in [-0.39, 0.29) is 40.8 Å². The molecule has 2 aromatic carbocycles. The van der Waals surface area contributed by atoms with Gasteiger partial charge in [0.15, 0.2) is 6.61 Å². The average molecular weight is 549 g/mol. The normalized spacial score (nSPS) is 24.9. The molecule has 11 heteroatoms. The summed E-state index contributed by atoms with van der Waals surface area (Å²) in [6, 6.07) is 9.97. The molecule has 38 heavy (non-hydrogen) atoms. The Hall–Kier alpha value is -3.40. The van der Waals surface area contributed by atoms with Gasteiger partial charge in [0.2, 0.25) is 11.8 Å². The van der Waals surface area contributed by atoms with Gasteiger partial charge < -0.3 is 10.1 Å². The minimum atomic E-state index is -4.65. The highest BCUT2D eigenvalue weighted by molar-refractivity contribution is 6.33. The maximum absolute atomic E-state index is 13.4. The van der Waals surface area contributed by atoms with Gasteiger partial charge in [-0.15, -0.1) is 0 Å². The first-order chi connectivity index (χ1) is 18.0. The van der Waals surface area contributed by atoms with E-state index < -0.39 is 48.1 Å². The molecule has 2 aliphatic carbocycles. The number of fused-ring (bicyclic) bond motifs is 5. The lowest BCUT2D eigenvalue weighted by molar-refractivity contribution is -0.160. The summed E-state index contributed by atoms with van der Waals surface area (Å²) in [6.07, 6.45) is -2.04. The lowest BCUT2D eigenvalue weighted by Gasteiger charge is -2.26. The van der Waals surface area contributed by atoms with E-state index in [9.17, 15) is 32.3 Å². The molecule has 5 rings (SSSR count). The fourth-order valence-corrected chi connectivity index (χ4v) is 6.24. The number of hydrogen-bond acceptors (Lipinski definition) is 5. The number of carbonyl (C=O) groups is 4. The summed E-state index contributed by atoms with van der Waals surface area (Å²) in [6.45, 7) is -0.842. The van der Waals surface area contributed by atoms with Crippen molar-refractivity contribution in [1.29, 1.82) is 0 Å². The van der Waals surface area contributed by atoms with Gasteiger partial charge in [0, 0.05) is 6.42 Å². The highest BCUT2D eigenvalue weighted by atomic mass is 35.5. The standard InChI is InChI=1S/C27H24ClF3N2O5/c28-18-9-8-17(27(29,30)31)12-19(18)32-21(34)13-38-26(37)20(10-14-4-2-1-3-5-14)33-24(35)22-15-6-7-16(11-15)23(22)25(33)36/h1-5,8-9,12,15-16,20,22-23H,6-7,10-11,13H2,(H,32,34)/t15-,16-,20-,22-,23+/m0/s1. The number of nitrogens with one attached hydrogen (secondary N) is 1. The number of ether oxygens (including phenoxy) is 1. The van der Waals surface area contributed by atoms with Crippen molar-refractivity contribution < 1.29 is 37.1 Å². The van der Waals surface area contributed by atoms with Crippen LogP contribution in [0.25, 0.3) is 0 Å². The molecule has 0 spiro atoms. The predicted octanol–water partition coefficient (Wildman–Crippen LogP) is 4.48. The first kappa shape index (κ1) is 26.2. The smallest absolute Gasteiger partial charge is 0.416 e. The molecular weight excluding hydrogens is 525 g/mol. The van der Waals surface area contributed by atoms with Gasteiger partial charge in [0.25, 0.3) is 5.91 Å². The molecular formula is C27H24ClF3N2O5. The third-order valence-corrected chi connectivity index (χ3v) is 8.06. The van der Waals surface area contributed by atoms with E-state index >= 15 is 0 Å². The van der Waals surface area contributed by atoms with Crippen molar-refractivity contribution in [2.24, 2.45) is 23.7 Å². The van der Waals surface area contributed by atoms with Crippen LogP contribution in [0.3, 0.4) is 0 Å². The van der Waals surface area contributed by atoms with Crippen molar-refractivity contribution >= 4 is 41.0 Å². The number of halogens is 4. The molecule has 3 amide bonds. The highest BCUT2D eigenvalue weighted by Gasteiger charge is 2.62. The van der Waals surface area contributed by atoms with E-state index in [1.807, 2.05) is 0 Å². The third kappa shape index (κ3) is 4.89. The molecule has 2 bridgehead atoms. The maximum atomic E-state index is 13.4. The van der Waals surface area contributed by atoms with E-state index in [2.05, 4.69) is 5.32 Å². The monoisotopic (exact) mass is 548 g/mol. The van der Waals surface area contributed by atoms with Gasteiger partial charge in [-0.25, -0.2) is 4.79 Å². The number of amides is 3. The van der Waals surface area contributed by atoms with Crippen LogP contribution >= 0.6 is 11.6 Å². The summed E-state index contributed by atoms with van der Waals surface area (Å²) in [7, 11) is 0. The number of benzene rings is 2. The number of imide groups is 1. The van der Waals surface area contributed by atoms with Crippen LogP contribution in [0.2, 0.25) is 5.02 Å². The van der Waals surface area contributed by atoms with E-state index in [1.54, 1.807) is 30.3 Å². The summed E-state index contributed by atoms with van der Waals surface area (Å²) in [4.78, 5) is 53.4. The van der Waals surface area contributed by atoms with Crippen LogP contribution in [-0.2, 0) is 36.5 Å². The Balaban J connectivity index is 1.31. The number of carbonyl (C=O) groups excluding carboxylic acids is 4. The van der Waals surface area contributed by atoms with Gasteiger partial charge in [0.05, 0.1) is 28.1 Å². The minimum Gasteiger partial charge on any atom is -0.454 e. The number of nitrogens with zero attached hydrogens (tertiary/aromatic N) is 1. The maximum Gasteiger partial charge on any atom is 0.416 e. The van der Waals surface area contributed by atoms with Crippen LogP contribution in [0.4, 0.5) is 18.9 Å². The predicted molar refractivity (Wildman–Crippen MR) is 130 cm³/mol. The quantitative estimate of drug-likeness (QED) is 0.407. The Morgan fingerprint density at radius 3 is 2.26 bits per heavy atom. The molecule has 2 saturated carbocycles. The molecule has 200 valence electrons. The van der Waals surface area contributed by atoms with Crippen molar-refractivity contribution in [2.75, 3.05) is 11.9 Å². The zero-order chi connectivity index (χ0) is 27.2. The topological polar surface area (TPSA) is 92.8 Å². The number of anilines is 1. The number of hydrogen-bond donors (Lipinski definition) is 1. The van der Waals surface area contributed by atoms with Crippen molar-refractivity contribution in [3.8, 4) is 0 Å². The summed E-state index contributed by atoms with van der Waals surface area (Å²) >= 11 is 5.92. The van der Waals surface area contributed by atoms with Crippen molar-refractivity contribution in [3.05, 3.63) is 64.7 Å². The molecule has 3 fully saturated rings. The molecule has 1 N–H and O–H groups in total. The van der Waals surface area contributed by atoms with Crippen molar-refractivity contribution in [3.63, 3.8) is 0 Å². The van der Waals surface area contributed by atoms with Crippen LogP contribution in [-0.4, -0.2) is 41.2 Å². The highest BCUT2D eigenvalue weighted by Crippen LogP contribution is 2.56. The summed E-state index contributed by atoms with van der Waals surface area (Å²) < 4.78 is 44.3. The molecule has 0 aromatic heterocycles. The first-order valence-electron chi connectivity index (χ1n) is 12.3. The molecule has 0 unspecified atom stereocenters. The second-order valence-corrected chi connectivity index (χ2v) is 10.4. The molecule has 1 aliphatic heterocycles. The zero-order valence-electron chi connectivity index (χ0n) is 20.0. The van der Waals surface area contributed by atoms with E-state index in [0.717, 1.165) is 36.3 Å². The summed E-state index contributed by atoms with van der Waals surface area (Å²) in [5.74, 6) is -3.25. The Morgan fingerprint density at radius 1 is 1.03 bits per heavy atom. The van der Waals surface area contributed by atoms with E-state index in [0.29, 0.717) is 11.6 Å². The van der Waals surface area contributed by atoms with Crippen LogP contribution < -0.4 is 5.32 Å². The van der Waals surface area contributed by atoms with Crippen molar-refractivity contribution in [1.82, 2.24) is 4.90 Å². The molecule has 7 nitrogen and oxygen atoms in total. The van der Waals surface area contributed by atoms with Gasteiger partial charge in [-0.2, -0.15) is 13.2 Å². The summed E-state index contributed by atoms with van der Waals surface area (Å²) in [5.41, 5.74) is -0.616. The Kier molecular flexibility index (Phi) is 6.94. The summed E-state index contributed by atoms with van der Waals surface area (Å²) in [5, 5.41) is 2.08. The van der Waals surface area contributed by atoms with Gasteiger partial charge in [-0.1, -0.05) is 41.9 Å². The van der Waals surface area contributed by atoms with Crippen LogP contribution in [0.1, 0.15) is 30.4 Å². The van der Waals surface area contributed by atoms with E-state index in [4.69, 9.17) is 16.3 Å². The fraction of sp³-hybridized carbons (Fsp3) is 0.407. The minimum absolute atomic E-state index is 0.00695. The van der Waals surface area contributed by atoms with Gasteiger partial charge in [0.1, 0.15) is 6.04 Å². The second-order valence-electron chi connectivity index (χ2n) is 9.99. The number of likely N-dealkylation sites (tertiary alicyclic amines) is 1. The van der Waals surface area contributed by atoms with Crippen LogP contribution in [0.5, 0.6) is 0 Å².